The molecule has 232 valence electrons. The van der Waals surface area contributed by atoms with Crippen LogP contribution in [0.4, 0.5) is 0 Å². The summed E-state index contributed by atoms with van der Waals surface area (Å²) >= 11 is 0. The quantitative estimate of drug-likeness (QED) is 0.226. The van der Waals surface area contributed by atoms with Gasteiger partial charge in [0.1, 0.15) is 6.10 Å². The molecule has 0 radical (unpaired) electrons. The molecular formula is C36H56N4O2. The van der Waals surface area contributed by atoms with Crippen LogP contribution in [-0.2, 0) is 22.6 Å². The molecule has 0 unspecified atom stereocenters. The second-order valence-electron chi connectivity index (χ2n) is 14.9. The van der Waals surface area contributed by atoms with Crippen molar-refractivity contribution in [2.24, 2.45) is 34.5 Å². The first-order valence-electron chi connectivity index (χ1n) is 16.8. The predicted octanol–water partition coefficient (Wildman–Crippen LogP) is 7.96. The number of allylic oxidation sites excluding steroid dienone is 5. The van der Waals surface area contributed by atoms with Gasteiger partial charge in [-0.05, 0) is 120 Å². The van der Waals surface area contributed by atoms with Gasteiger partial charge in [0.25, 0.3) is 0 Å². The zero-order valence-corrected chi connectivity index (χ0v) is 27.4. The average molecular weight is 577 g/mol. The van der Waals surface area contributed by atoms with Crippen molar-refractivity contribution in [3.8, 4) is 0 Å². The molecule has 1 aromatic heterocycles. The molecule has 1 heterocycles. The van der Waals surface area contributed by atoms with E-state index in [2.05, 4.69) is 81.6 Å². The van der Waals surface area contributed by atoms with Crippen molar-refractivity contribution in [3.63, 3.8) is 0 Å². The monoisotopic (exact) mass is 576 g/mol. The van der Waals surface area contributed by atoms with Crippen LogP contribution in [0.2, 0.25) is 0 Å². The van der Waals surface area contributed by atoms with Gasteiger partial charge in [0, 0.05) is 25.9 Å². The SMILES string of the molecule is CC(=O)O[C@H]1CC[C@@]2(C)C(=CC[C@H]3[C@@H]4CC[C@H]([C@H](C)NCc5cn(C/C=C(\C)CCC=C(C)C)nn5)[C@@]4(C)CC[C@@H]32)C1. The molecule has 42 heavy (non-hydrogen) atoms. The fourth-order valence-electron chi connectivity index (χ4n) is 9.68. The summed E-state index contributed by atoms with van der Waals surface area (Å²) in [6.45, 7) is 17.2. The van der Waals surface area contributed by atoms with Gasteiger partial charge in [-0.1, -0.05) is 54.0 Å². The van der Waals surface area contributed by atoms with Crippen LogP contribution in [-0.4, -0.2) is 33.1 Å². The Morgan fingerprint density at radius 2 is 1.93 bits per heavy atom. The summed E-state index contributed by atoms with van der Waals surface area (Å²) in [5.41, 5.74) is 6.09. The van der Waals surface area contributed by atoms with E-state index < -0.39 is 0 Å². The van der Waals surface area contributed by atoms with Gasteiger partial charge in [-0.2, -0.15) is 0 Å². The average Bonchev–Trinajstić information content (AvgIpc) is 3.54. The summed E-state index contributed by atoms with van der Waals surface area (Å²) in [4.78, 5) is 11.6. The lowest BCUT2D eigenvalue weighted by Crippen LogP contribution is -2.52. The number of esters is 1. The third-order valence-corrected chi connectivity index (χ3v) is 12.0. The lowest BCUT2D eigenvalue weighted by atomic mass is 9.47. The highest BCUT2D eigenvalue weighted by Gasteiger charge is 2.59. The second kappa shape index (κ2) is 12.8. The van der Waals surface area contributed by atoms with Gasteiger partial charge in [-0.15, -0.1) is 5.10 Å². The van der Waals surface area contributed by atoms with Crippen molar-refractivity contribution >= 4 is 5.97 Å². The lowest BCUT2D eigenvalue weighted by Gasteiger charge is -2.58. The van der Waals surface area contributed by atoms with E-state index >= 15 is 0 Å². The highest BCUT2D eigenvalue weighted by atomic mass is 16.5. The Balaban J connectivity index is 1.16. The number of fused-ring (bicyclic) bond motifs is 5. The number of hydrogen-bond acceptors (Lipinski definition) is 5. The number of ether oxygens (including phenoxy) is 1. The van der Waals surface area contributed by atoms with Gasteiger partial charge in [0.15, 0.2) is 0 Å². The maximum atomic E-state index is 11.6. The van der Waals surface area contributed by atoms with Gasteiger partial charge < -0.3 is 10.1 Å². The van der Waals surface area contributed by atoms with Crippen molar-refractivity contribution in [2.75, 3.05) is 0 Å². The molecular weight excluding hydrogens is 520 g/mol. The van der Waals surface area contributed by atoms with Crippen molar-refractivity contribution in [2.45, 2.75) is 138 Å². The Hall–Kier alpha value is -2.21. The number of carbonyl (C=O) groups is 1. The van der Waals surface area contributed by atoms with Crippen LogP contribution in [0.1, 0.15) is 118 Å². The zero-order chi connectivity index (χ0) is 30.1. The fourth-order valence-corrected chi connectivity index (χ4v) is 9.68. The van der Waals surface area contributed by atoms with Crippen LogP contribution in [0.15, 0.2) is 41.1 Å². The number of aromatic nitrogens is 3. The molecule has 0 amide bonds. The minimum Gasteiger partial charge on any atom is -0.462 e. The molecule has 6 heteroatoms. The van der Waals surface area contributed by atoms with Crippen molar-refractivity contribution < 1.29 is 9.53 Å². The Morgan fingerprint density at radius 3 is 2.69 bits per heavy atom. The number of hydrogen-bond donors (Lipinski definition) is 1. The van der Waals surface area contributed by atoms with Gasteiger partial charge in [0.2, 0.25) is 0 Å². The first kappa shape index (κ1) is 31.2. The van der Waals surface area contributed by atoms with E-state index in [0.29, 0.717) is 17.4 Å². The molecule has 0 spiro atoms. The van der Waals surface area contributed by atoms with E-state index in [4.69, 9.17) is 4.74 Å². The van der Waals surface area contributed by atoms with Crippen LogP contribution in [0, 0.1) is 34.5 Å². The lowest BCUT2D eigenvalue weighted by molar-refractivity contribution is -0.148. The molecule has 0 aliphatic heterocycles. The van der Waals surface area contributed by atoms with E-state index in [0.717, 1.165) is 68.6 Å². The van der Waals surface area contributed by atoms with Crippen LogP contribution in [0.5, 0.6) is 0 Å². The zero-order valence-electron chi connectivity index (χ0n) is 27.4. The van der Waals surface area contributed by atoms with Crippen LogP contribution < -0.4 is 5.32 Å². The molecule has 1 N–H and O–H groups in total. The summed E-state index contributed by atoms with van der Waals surface area (Å²) in [7, 11) is 0. The number of nitrogens with zero attached hydrogens (tertiary/aromatic N) is 3. The van der Waals surface area contributed by atoms with Gasteiger partial charge in [-0.25, -0.2) is 4.68 Å². The normalized spacial score (nSPS) is 35.0. The molecule has 5 rings (SSSR count). The molecule has 8 atom stereocenters. The summed E-state index contributed by atoms with van der Waals surface area (Å²) < 4.78 is 7.61. The molecule has 1 aromatic rings. The first-order chi connectivity index (χ1) is 20.0. The predicted molar refractivity (Wildman–Crippen MR) is 169 cm³/mol. The maximum Gasteiger partial charge on any atom is 0.302 e. The summed E-state index contributed by atoms with van der Waals surface area (Å²) in [5, 5.41) is 12.7. The van der Waals surface area contributed by atoms with E-state index in [1.807, 2.05) is 4.68 Å². The Morgan fingerprint density at radius 1 is 1.12 bits per heavy atom. The molecule has 0 bridgehead atoms. The summed E-state index contributed by atoms with van der Waals surface area (Å²) in [5.74, 6) is 2.93. The van der Waals surface area contributed by atoms with Gasteiger partial charge in [0.05, 0.1) is 18.4 Å². The number of carbonyl (C=O) groups excluding carboxylic acids is 1. The summed E-state index contributed by atoms with van der Waals surface area (Å²) in [6, 6.07) is 0.461. The molecule has 3 fully saturated rings. The van der Waals surface area contributed by atoms with Crippen LogP contribution in [0.25, 0.3) is 0 Å². The highest BCUT2D eigenvalue weighted by molar-refractivity contribution is 5.66. The fraction of sp³-hybridized carbons (Fsp3) is 0.750. The molecule has 4 aliphatic rings. The first-order valence-corrected chi connectivity index (χ1v) is 16.8. The molecule has 3 saturated carbocycles. The van der Waals surface area contributed by atoms with Gasteiger partial charge in [-0.3, -0.25) is 4.79 Å². The molecule has 6 nitrogen and oxygen atoms in total. The van der Waals surface area contributed by atoms with E-state index in [1.54, 1.807) is 12.5 Å². The maximum absolute atomic E-state index is 11.6. The molecule has 0 saturated heterocycles. The third kappa shape index (κ3) is 6.49. The highest BCUT2D eigenvalue weighted by Crippen LogP contribution is 2.66. The van der Waals surface area contributed by atoms with Gasteiger partial charge >= 0.3 is 5.97 Å². The molecule has 0 aromatic carbocycles. The van der Waals surface area contributed by atoms with Crippen LogP contribution in [0.3, 0.4) is 0 Å². The largest absolute Gasteiger partial charge is 0.462 e. The Bertz CT molecular complexity index is 1210. The standard InChI is InChI=1S/C36H56N4O2/c1-24(2)9-8-10-25(3)17-20-40-23-29(38-39-40)22-37-26(4)32-13-14-33-31-12-11-28-21-30(42-27(5)41)15-18-35(28,6)34(31)16-19-36(32,33)7/h9,11,17,23,26,30-34,37H,8,10,12-16,18-22H2,1-7H3/b25-17+/t26-,30-,31-,32+,33-,34-,35-,36+/m0/s1. The number of rotatable bonds is 10. The van der Waals surface area contributed by atoms with E-state index in [1.165, 1.54) is 43.3 Å². The summed E-state index contributed by atoms with van der Waals surface area (Å²) in [6.07, 6.45) is 21.2. The second-order valence-corrected chi connectivity index (χ2v) is 14.9. The smallest absolute Gasteiger partial charge is 0.302 e. The van der Waals surface area contributed by atoms with Crippen molar-refractivity contribution in [3.05, 3.63) is 46.8 Å². The van der Waals surface area contributed by atoms with Crippen molar-refractivity contribution in [1.29, 1.82) is 0 Å². The topological polar surface area (TPSA) is 69.0 Å². The Kier molecular flexibility index (Phi) is 9.51. The minimum atomic E-state index is -0.135. The minimum absolute atomic E-state index is 0.0785. The van der Waals surface area contributed by atoms with E-state index in [-0.39, 0.29) is 17.5 Å². The molecule has 4 aliphatic carbocycles. The number of nitrogens with one attached hydrogen (secondary N) is 1. The van der Waals surface area contributed by atoms with E-state index in [9.17, 15) is 4.79 Å². The van der Waals surface area contributed by atoms with Crippen LogP contribution >= 0.6 is 0 Å². The van der Waals surface area contributed by atoms with Crippen molar-refractivity contribution in [1.82, 2.24) is 20.3 Å². The Labute approximate surface area is 254 Å². The third-order valence-electron chi connectivity index (χ3n) is 12.0.